The van der Waals surface area contributed by atoms with Crippen LogP contribution >= 0.6 is 0 Å². The average Bonchev–Trinajstić information content (AvgIpc) is 2.76. The summed E-state index contributed by atoms with van der Waals surface area (Å²) in [5.74, 6) is 0.889. The van der Waals surface area contributed by atoms with Crippen LogP contribution < -0.4 is 10.1 Å². The molecule has 6 heteroatoms. The fourth-order valence-electron chi connectivity index (χ4n) is 4.14. The summed E-state index contributed by atoms with van der Waals surface area (Å²) in [4.78, 5) is 18.5. The lowest BCUT2D eigenvalue weighted by Crippen LogP contribution is -2.44. The molecule has 1 saturated carbocycles. The minimum Gasteiger partial charge on any atom is -0.496 e. The number of nitrogens with one attached hydrogen (secondary N) is 1. The highest BCUT2D eigenvalue weighted by molar-refractivity contribution is 5.68. The highest BCUT2D eigenvalue weighted by atomic mass is 16.6. The van der Waals surface area contributed by atoms with Gasteiger partial charge in [-0.1, -0.05) is 12.1 Å². The van der Waals surface area contributed by atoms with E-state index in [4.69, 9.17) is 9.47 Å². The zero-order valence-corrected chi connectivity index (χ0v) is 20.3. The molecule has 1 aliphatic carbocycles. The second kappa shape index (κ2) is 10.3. The molecule has 1 amide bonds. The van der Waals surface area contributed by atoms with E-state index >= 15 is 0 Å². The number of hydrogen-bond acceptors (Lipinski definition) is 5. The van der Waals surface area contributed by atoms with E-state index < -0.39 is 5.60 Å². The van der Waals surface area contributed by atoms with Crippen LogP contribution in [-0.4, -0.2) is 47.8 Å². The summed E-state index contributed by atoms with van der Waals surface area (Å²) in [6, 6.07) is 11.1. The third-order valence-electron chi connectivity index (χ3n) is 6.03. The number of nitrogens with zero attached hydrogens (tertiary/aromatic N) is 2. The predicted molar refractivity (Wildman–Crippen MR) is 128 cm³/mol. The summed E-state index contributed by atoms with van der Waals surface area (Å²) in [5, 5.41) is 3.70. The van der Waals surface area contributed by atoms with E-state index in [1.807, 2.05) is 53.1 Å². The van der Waals surface area contributed by atoms with Gasteiger partial charge in [0.15, 0.2) is 0 Å². The lowest BCUT2D eigenvalue weighted by Gasteiger charge is -2.35. The SMILES string of the molecule is COc1ccc(-c2ccc(C)nc2)cc1CN[C@H]1CC[C@H](N(C)C(=O)OC(C)(C)C)CC1. The first-order valence-corrected chi connectivity index (χ1v) is 11.5. The number of aromatic nitrogens is 1. The molecule has 0 aliphatic heterocycles. The number of rotatable bonds is 6. The Morgan fingerprint density at radius 3 is 2.41 bits per heavy atom. The van der Waals surface area contributed by atoms with Crippen molar-refractivity contribution in [2.24, 2.45) is 0 Å². The topological polar surface area (TPSA) is 63.7 Å². The quantitative estimate of drug-likeness (QED) is 0.659. The maximum Gasteiger partial charge on any atom is 0.410 e. The normalized spacial score (nSPS) is 18.8. The van der Waals surface area contributed by atoms with Crippen molar-refractivity contribution in [3.05, 3.63) is 47.8 Å². The van der Waals surface area contributed by atoms with Gasteiger partial charge in [0.2, 0.25) is 0 Å². The molecule has 6 nitrogen and oxygen atoms in total. The molecule has 0 saturated heterocycles. The first-order chi connectivity index (χ1) is 15.2. The number of carbonyl (C=O) groups excluding carboxylic acids is 1. The van der Waals surface area contributed by atoms with Crippen molar-refractivity contribution < 1.29 is 14.3 Å². The minimum absolute atomic E-state index is 0.231. The van der Waals surface area contributed by atoms with E-state index in [0.29, 0.717) is 6.04 Å². The molecular formula is C26H37N3O3. The zero-order valence-electron chi connectivity index (χ0n) is 20.3. The van der Waals surface area contributed by atoms with Crippen LogP contribution in [-0.2, 0) is 11.3 Å². The Morgan fingerprint density at radius 1 is 1.12 bits per heavy atom. The molecule has 1 aliphatic rings. The average molecular weight is 440 g/mol. The van der Waals surface area contributed by atoms with Crippen LogP contribution in [0.1, 0.15) is 57.7 Å². The molecule has 0 atom stereocenters. The number of ether oxygens (including phenoxy) is 2. The molecule has 0 radical (unpaired) electrons. The molecule has 3 rings (SSSR count). The molecule has 1 heterocycles. The molecular weight excluding hydrogens is 402 g/mol. The van der Waals surface area contributed by atoms with Crippen molar-refractivity contribution in [1.82, 2.24) is 15.2 Å². The molecule has 1 aromatic heterocycles. The molecule has 0 bridgehead atoms. The minimum atomic E-state index is -0.466. The maximum atomic E-state index is 12.4. The van der Waals surface area contributed by atoms with Crippen LogP contribution in [0.4, 0.5) is 4.79 Å². The third-order valence-corrected chi connectivity index (χ3v) is 6.03. The van der Waals surface area contributed by atoms with Gasteiger partial charge >= 0.3 is 6.09 Å². The Labute approximate surface area is 192 Å². The summed E-state index contributed by atoms with van der Waals surface area (Å²) >= 11 is 0. The standard InChI is InChI=1S/C26H37N3O3/c1-18-7-8-20(16-27-18)19-9-14-24(31-6)21(15-19)17-28-22-10-12-23(13-11-22)29(5)25(30)32-26(2,3)4/h7-9,14-16,22-23,28H,10-13,17H2,1-6H3/t22-,23-. The van der Waals surface area contributed by atoms with E-state index in [-0.39, 0.29) is 12.1 Å². The van der Waals surface area contributed by atoms with Gasteiger partial charge in [0, 0.05) is 48.7 Å². The van der Waals surface area contributed by atoms with Crippen LogP contribution in [0.25, 0.3) is 11.1 Å². The number of pyridine rings is 1. The second-order valence-electron chi connectivity index (χ2n) is 9.69. The summed E-state index contributed by atoms with van der Waals surface area (Å²) in [6.45, 7) is 8.44. The van der Waals surface area contributed by atoms with E-state index in [2.05, 4.69) is 28.5 Å². The van der Waals surface area contributed by atoms with Gasteiger partial charge in [-0.2, -0.15) is 0 Å². The van der Waals surface area contributed by atoms with Crippen molar-refractivity contribution in [2.45, 2.75) is 77.6 Å². The largest absolute Gasteiger partial charge is 0.496 e. The summed E-state index contributed by atoms with van der Waals surface area (Å²) in [6.07, 6.45) is 5.68. The molecule has 2 aromatic rings. The highest BCUT2D eigenvalue weighted by Gasteiger charge is 2.29. The van der Waals surface area contributed by atoms with Gasteiger partial charge in [0.1, 0.15) is 11.4 Å². The molecule has 0 unspecified atom stereocenters. The zero-order chi connectivity index (χ0) is 23.3. The Kier molecular flexibility index (Phi) is 7.77. The van der Waals surface area contributed by atoms with Crippen molar-refractivity contribution >= 4 is 6.09 Å². The molecule has 32 heavy (non-hydrogen) atoms. The number of aryl methyl sites for hydroxylation is 1. The lowest BCUT2D eigenvalue weighted by atomic mass is 9.90. The van der Waals surface area contributed by atoms with Gasteiger partial charge < -0.3 is 19.7 Å². The van der Waals surface area contributed by atoms with Crippen LogP contribution in [0.2, 0.25) is 0 Å². The van der Waals surface area contributed by atoms with Crippen molar-refractivity contribution in [3.8, 4) is 16.9 Å². The molecule has 1 N–H and O–H groups in total. The summed E-state index contributed by atoms with van der Waals surface area (Å²) in [7, 11) is 3.56. The van der Waals surface area contributed by atoms with E-state index in [1.54, 1.807) is 12.0 Å². The van der Waals surface area contributed by atoms with Crippen LogP contribution in [0.5, 0.6) is 5.75 Å². The molecule has 1 aromatic carbocycles. The number of amides is 1. The molecule has 174 valence electrons. The van der Waals surface area contributed by atoms with Gasteiger partial charge in [-0.25, -0.2) is 4.79 Å². The van der Waals surface area contributed by atoms with Crippen molar-refractivity contribution in [2.75, 3.05) is 14.2 Å². The Bertz CT molecular complexity index is 898. The fraction of sp³-hybridized carbons (Fsp3) is 0.538. The fourth-order valence-corrected chi connectivity index (χ4v) is 4.14. The van der Waals surface area contributed by atoms with Crippen molar-refractivity contribution in [1.29, 1.82) is 0 Å². The monoisotopic (exact) mass is 439 g/mol. The Balaban J connectivity index is 1.56. The van der Waals surface area contributed by atoms with Crippen LogP contribution in [0.15, 0.2) is 36.5 Å². The van der Waals surface area contributed by atoms with Gasteiger partial charge in [-0.15, -0.1) is 0 Å². The maximum absolute atomic E-state index is 12.4. The Morgan fingerprint density at radius 2 is 1.81 bits per heavy atom. The van der Waals surface area contributed by atoms with Crippen molar-refractivity contribution in [3.63, 3.8) is 0 Å². The highest BCUT2D eigenvalue weighted by Crippen LogP contribution is 2.28. The lowest BCUT2D eigenvalue weighted by molar-refractivity contribution is 0.0179. The van der Waals surface area contributed by atoms with E-state index in [0.717, 1.165) is 60.4 Å². The number of carbonyl (C=O) groups is 1. The molecule has 0 spiro atoms. The first-order valence-electron chi connectivity index (χ1n) is 11.5. The Hall–Kier alpha value is -2.60. The predicted octanol–water partition coefficient (Wildman–Crippen LogP) is 5.33. The summed E-state index contributed by atoms with van der Waals surface area (Å²) < 4.78 is 11.1. The third kappa shape index (κ3) is 6.45. The van der Waals surface area contributed by atoms with E-state index in [9.17, 15) is 4.79 Å². The van der Waals surface area contributed by atoms with Gasteiger partial charge in [-0.05, 0) is 77.1 Å². The van der Waals surface area contributed by atoms with Crippen LogP contribution in [0, 0.1) is 6.92 Å². The van der Waals surface area contributed by atoms with Gasteiger partial charge in [0.25, 0.3) is 0 Å². The summed E-state index contributed by atoms with van der Waals surface area (Å²) in [5.41, 5.74) is 3.92. The number of hydrogen-bond donors (Lipinski definition) is 1. The molecule has 1 fully saturated rings. The first kappa shape index (κ1) is 24.1. The number of methoxy groups -OCH3 is 1. The number of benzene rings is 1. The smallest absolute Gasteiger partial charge is 0.410 e. The van der Waals surface area contributed by atoms with E-state index in [1.165, 1.54) is 0 Å². The second-order valence-corrected chi connectivity index (χ2v) is 9.69. The van der Waals surface area contributed by atoms with Crippen LogP contribution in [0.3, 0.4) is 0 Å². The van der Waals surface area contributed by atoms with Gasteiger partial charge in [0.05, 0.1) is 7.11 Å². The van der Waals surface area contributed by atoms with Gasteiger partial charge in [-0.3, -0.25) is 4.98 Å².